The number of halogens is 1. The first-order valence-corrected chi connectivity index (χ1v) is 7.23. The van der Waals surface area contributed by atoms with E-state index in [2.05, 4.69) is 45.6 Å². The van der Waals surface area contributed by atoms with Gasteiger partial charge < -0.3 is 10.6 Å². The summed E-state index contributed by atoms with van der Waals surface area (Å²) in [6.45, 7) is 2.09. The van der Waals surface area contributed by atoms with Gasteiger partial charge in [-0.2, -0.15) is 0 Å². The number of benzene rings is 2. The molecule has 0 saturated heterocycles. The Kier molecular flexibility index (Phi) is 4.93. The van der Waals surface area contributed by atoms with Crippen LogP contribution in [0.4, 0.5) is 5.69 Å². The summed E-state index contributed by atoms with van der Waals surface area (Å²) < 4.78 is 1.02. The van der Waals surface area contributed by atoms with Crippen LogP contribution in [0.25, 0.3) is 0 Å². The van der Waals surface area contributed by atoms with E-state index in [0.29, 0.717) is 5.11 Å². The van der Waals surface area contributed by atoms with Crippen LogP contribution in [-0.2, 0) is 0 Å². The second-order valence-corrected chi connectivity index (χ2v) is 5.57. The van der Waals surface area contributed by atoms with Crippen molar-refractivity contribution >= 4 is 38.9 Å². The van der Waals surface area contributed by atoms with E-state index in [1.54, 1.807) is 0 Å². The Hall–Kier alpha value is -1.39. The van der Waals surface area contributed by atoms with Crippen molar-refractivity contribution in [2.75, 3.05) is 5.32 Å². The fraction of sp³-hybridized carbons (Fsp3) is 0.133. The Morgan fingerprint density at radius 2 is 1.84 bits per heavy atom. The van der Waals surface area contributed by atoms with Crippen molar-refractivity contribution in [1.29, 1.82) is 0 Å². The molecule has 0 aliphatic carbocycles. The van der Waals surface area contributed by atoms with Crippen LogP contribution in [0.2, 0.25) is 0 Å². The van der Waals surface area contributed by atoms with Crippen LogP contribution in [0.5, 0.6) is 0 Å². The molecule has 0 aliphatic rings. The van der Waals surface area contributed by atoms with Crippen LogP contribution >= 0.6 is 28.1 Å². The topological polar surface area (TPSA) is 24.1 Å². The zero-order chi connectivity index (χ0) is 13.7. The monoisotopic (exact) mass is 334 g/mol. The quantitative estimate of drug-likeness (QED) is 0.808. The number of hydrogen-bond acceptors (Lipinski definition) is 1. The molecule has 0 saturated carbocycles. The van der Waals surface area contributed by atoms with E-state index in [4.69, 9.17) is 12.2 Å². The Morgan fingerprint density at radius 1 is 1.11 bits per heavy atom. The standard InChI is InChI=1S/C15H15BrN2S/c1-11(12-6-3-2-4-7-12)17-15(19)18-14-9-5-8-13(16)10-14/h2-11H,1H3,(H2,17,18,19). The fourth-order valence-electron chi connectivity index (χ4n) is 1.76. The van der Waals surface area contributed by atoms with Gasteiger partial charge >= 0.3 is 0 Å². The molecule has 19 heavy (non-hydrogen) atoms. The predicted octanol–water partition coefficient (Wildman–Crippen LogP) is 4.50. The maximum Gasteiger partial charge on any atom is 0.171 e. The summed E-state index contributed by atoms with van der Waals surface area (Å²) in [5.41, 5.74) is 2.17. The zero-order valence-electron chi connectivity index (χ0n) is 10.6. The highest BCUT2D eigenvalue weighted by Crippen LogP contribution is 2.16. The first-order chi connectivity index (χ1) is 9.15. The molecule has 4 heteroatoms. The minimum atomic E-state index is 0.174. The smallest absolute Gasteiger partial charge is 0.171 e. The summed E-state index contributed by atoms with van der Waals surface area (Å²) in [7, 11) is 0. The molecule has 0 aliphatic heterocycles. The third-order valence-electron chi connectivity index (χ3n) is 2.73. The van der Waals surface area contributed by atoms with Gasteiger partial charge in [-0.15, -0.1) is 0 Å². The Bertz CT molecular complexity index is 557. The van der Waals surface area contributed by atoms with Crippen molar-refractivity contribution in [3.8, 4) is 0 Å². The lowest BCUT2D eigenvalue weighted by Crippen LogP contribution is -2.30. The second kappa shape index (κ2) is 6.68. The molecule has 1 atom stereocenters. The molecule has 0 radical (unpaired) electrons. The van der Waals surface area contributed by atoms with Gasteiger partial charge in [0.1, 0.15) is 0 Å². The van der Waals surface area contributed by atoms with E-state index in [1.807, 2.05) is 42.5 Å². The third-order valence-corrected chi connectivity index (χ3v) is 3.44. The number of anilines is 1. The van der Waals surface area contributed by atoms with Gasteiger partial charge in [-0.1, -0.05) is 52.3 Å². The van der Waals surface area contributed by atoms with Crippen molar-refractivity contribution in [3.05, 3.63) is 64.6 Å². The average molecular weight is 335 g/mol. The molecular formula is C15H15BrN2S. The maximum atomic E-state index is 5.32. The van der Waals surface area contributed by atoms with E-state index in [1.165, 1.54) is 5.56 Å². The number of rotatable bonds is 3. The van der Waals surface area contributed by atoms with Gasteiger partial charge in [-0.05, 0) is 42.9 Å². The van der Waals surface area contributed by atoms with Crippen LogP contribution in [0.15, 0.2) is 59.1 Å². The normalized spacial score (nSPS) is 11.7. The average Bonchev–Trinajstić information content (AvgIpc) is 2.39. The summed E-state index contributed by atoms with van der Waals surface area (Å²) in [5.74, 6) is 0. The van der Waals surface area contributed by atoms with Crippen LogP contribution < -0.4 is 10.6 Å². The summed E-state index contributed by atoms with van der Waals surface area (Å²) in [6, 6.07) is 18.3. The van der Waals surface area contributed by atoms with Gasteiger partial charge in [-0.25, -0.2) is 0 Å². The fourth-order valence-corrected chi connectivity index (χ4v) is 2.45. The van der Waals surface area contributed by atoms with Gasteiger partial charge in [0.25, 0.3) is 0 Å². The Morgan fingerprint density at radius 3 is 2.53 bits per heavy atom. The molecule has 0 aromatic heterocycles. The lowest BCUT2D eigenvalue weighted by atomic mass is 10.1. The maximum absolute atomic E-state index is 5.32. The van der Waals surface area contributed by atoms with E-state index in [0.717, 1.165) is 10.2 Å². The van der Waals surface area contributed by atoms with Gasteiger partial charge in [-0.3, -0.25) is 0 Å². The summed E-state index contributed by atoms with van der Waals surface area (Å²) >= 11 is 8.75. The van der Waals surface area contributed by atoms with Crippen molar-refractivity contribution in [2.45, 2.75) is 13.0 Å². The lowest BCUT2D eigenvalue weighted by Gasteiger charge is -2.17. The second-order valence-electron chi connectivity index (χ2n) is 4.24. The minimum Gasteiger partial charge on any atom is -0.356 e. The minimum absolute atomic E-state index is 0.174. The highest BCUT2D eigenvalue weighted by Gasteiger charge is 2.06. The molecule has 1 unspecified atom stereocenters. The van der Waals surface area contributed by atoms with Crippen LogP contribution in [0, 0.1) is 0 Å². The van der Waals surface area contributed by atoms with E-state index in [9.17, 15) is 0 Å². The van der Waals surface area contributed by atoms with Crippen LogP contribution in [0.3, 0.4) is 0 Å². The molecule has 0 amide bonds. The molecule has 98 valence electrons. The highest BCUT2D eigenvalue weighted by molar-refractivity contribution is 9.10. The number of hydrogen-bond donors (Lipinski definition) is 2. The zero-order valence-corrected chi connectivity index (χ0v) is 13.0. The Labute approximate surface area is 127 Å². The molecule has 0 spiro atoms. The van der Waals surface area contributed by atoms with Gasteiger partial charge in [0.2, 0.25) is 0 Å². The van der Waals surface area contributed by atoms with Crippen LogP contribution in [0.1, 0.15) is 18.5 Å². The van der Waals surface area contributed by atoms with Crippen molar-refractivity contribution in [1.82, 2.24) is 5.32 Å². The lowest BCUT2D eigenvalue weighted by molar-refractivity contribution is 0.722. The molecule has 2 N–H and O–H groups in total. The highest BCUT2D eigenvalue weighted by atomic mass is 79.9. The third kappa shape index (κ3) is 4.33. The van der Waals surface area contributed by atoms with Gasteiger partial charge in [0.15, 0.2) is 5.11 Å². The first-order valence-electron chi connectivity index (χ1n) is 6.03. The molecule has 0 fully saturated rings. The summed E-state index contributed by atoms with van der Waals surface area (Å²) in [4.78, 5) is 0. The van der Waals surface area contributed by atoms with E-state index in [-0.39, 0.29) is 6.04 Å². The molecule has 2 rings (SSSR count). The molecule has 0 heterocycles. The largest absolute Gasteiger partial charge is 0.356 e. The summed E-state index contributed by atoms with van der Waals surface area (Å²) in [5, 5.41) is 7.06. The predicted molar refractivity (Wildman–Crippen MR) is 88.4 cm³/mol. The van der Waals surface area contributed by atoms with E-state index >= 15 is 0 Å². The first kappa shape index (κ1) is 14.0. The summed E-state index contributed by atoms with van der Waals surface area (Å²) in [6.07, 6.45) is 0. The van der Waals surface area contributed by atoms with Crippen molar-refractivity contribution in [2.24, 2.45) is 0 Å². The SMILES string of the molecule is CC(NC(=S)Nc1cccc(Br)c1)c1ccccc1. The van der Waals surface area contributed by atoms with Gasteiger partial charge in [0, 0.05) is 10.2 Å². The molecule has 2 aromatic rings. The number of nitrogens with one attached hydrogen (secondary N) is 2. The van der Waals surface area contributed by atoms with Crippen LogP contribution in [-0.4, -0.2) is 5.11 Å². The van der Waals surface area contributed by atoms with Crippen molar-refractivity contribution < 1.29 is 0 Å². The molecular weight excluding hydrogens is 320 g/mol. The Balaban J connectivity index is 1.95. The molecule has 2 aromatic carbocycles. The molecule has 2 nitrogen and oxygen atoms in total. The molecule has 0 bridgehead atoms. The number of thiocarbonyl (C=S) groups is 1. The van der Waals surface area contributed by atoms with E-state index < -0.39 is 0 Å². The van der Waals surface area contributed by atoms with Gasteiger partial charge in [0.05, 0.1) is 6.04 Å². The van der Waals surface area contributed by atoms with Crippen molar-refractivity contribution in [3.63, 3.8) is 0 Å².